The number of nitrogens with zero attached hydrogens (tertiary/aromatic N) is 3. The van der Waals surface area contributed by atoms with Crippen molar-refractivity contribution in [3.8, 4) is 28.0 Å². The van der Waals surface area contributed by atoms with Gasteiger partial charge >= 0.3 is 0 Å². The predicted molar refractivity (Wildman–Crippen MR) is 110 cm³/mol. The lowest BCUT2D eigenvalue weighted by Gasteiger charge is -2.24. The fourth-order valence-corrected chi connectivity index (χ4v) is 4.69. The summed E-state index contributed by atoms with van der Waals surface area (Å²) < 4.78 is 17.9. The average Bonchev–Trinajstić information content (AvgIpc) is 3.12. The van der Waals surface area contributed by atoms with E-state index >= 15 is 0 Å². The molecule has 0 saturated heterocycles. The first-order chi connectivity index (χ1) is 13.5. The van der Waals surface area contributed by atoms with E-state index in [0.717, 1.165) is 31.9 Å². The zero-order chi connectivity index (χ0) is 19.4. The molecule has 0 amide bonds. The number of rotatable bonds is 2. The van der Waals surface area contributed by atoms with Crippen molar-refractivity contribution in [2.24, 2.45) is 0 Å². The number of hydrogen-bond donors (Lipinski definition) is 0. The molecule has 0 spiro atoms. The van der Waals surface area contributed by atoms with Gasteiger partial charge in [0.05, 0.1) is 29.4 Å². The van der Waals surface area contributed by atoms with E-state index in [2.05, 4.69) is 16.0 Å². The van der Waals surface area contributed by atoms with Gasteiger partial charge in [0, 0.05) is 11.6 Å². The summed E-state index contributed by atoms with van der Waals surface area (Å²) in [7, 11) is 1.58. The SMILES string of the molecule is COc1cnc2c(-c3nc4c(Cl)cc5c(c4s3)OC[C@H](C)O5)cc(C)cc2n1. The molecule has 0 bridgehead atoms. The summed E-state index contributed by atoms with van der Waals surface area (Å²) >= 11 is 8.01. The molecule has 28 heavy (non-hydrogen) atoms. The molecule has 3 heterocycles. The van der Waals surface area contributed by atoms with Gasteiger partial charge in [-0.3, -0.25) is 0 Å². The molecule has 2 aromatic carbocycles. The van der Waals surface area contributed by atoms with Gasteiger partial charge in [-0.2, -0.15) is 0 Å². The Morgan fingerprint density at radius 3 is 2.89 bits per heavy atom. The van der Waals surface area contributed by atoms with E-state index in [-0.39, 0.29) is 6.10 Å². The van der Waals surface area contributed by atoms with Crippen LogP contribution in [0.4, 0.5) is 0 Å². The van der Waals surface area contributed by atoms with Crippen molar-refractivity contribution in [3.05, 3.63) is 35.0 Å². The Labute approximate surface area is 170 Å². The van der Waals surface area contributed by atoms with Gasteiger partial charge in [-0.25, -0.2) is 15.0 Å². The van der Waals surface area contributed by atoms with Crippen molar-refractivity contribution >= 4 is 44.2 Å². The van der Waals surface area contributed by atoms with Gasteiger partial charge in [-0.1, -0.05) is 11.6 Å². The third-order valence-electron chi connectivity index (χ3n) is 4.54. The number of aryl methyl sites for hydroxylation is 1. The van der Waals surface area contributed by atoms with Crippen LogP contribution in [0.3, 0.4) is 0 Å². The quantitative estimate of drug-likeness (QED) is 0.458. The summed E-state index contributed by atoms with van der Waals surface area (Å²) in [6, 6.07) is 5.81. The van der Waals surface area contributed by atoms with Crippen LogP contribution in [0.2, 0.25) is 5.02 Å². The second-order valence-electron chi connectivity index (χ2n) is 6.71. The fourth-order valence-electron chi connectivity index (χ4n) is 3.30. The first kappa shape index (κ1) is 17.5. The van der Waals surface area contributed by atoms with Crippen LogP contribution in [-0.4, -0.2) is 34.8 Å². The molecule has 0 fully saturated rings. The summed E-state index contributed by atoms with van der Waals surface area (Å²) in [5.41, 5.74) is 4.19. The molecule has 2 aromatic heterocycles. The zero-order valence-electron chi connectivity index (χ0n) is 15.4. The topological polar surface area (TPSA) is 66.4 Å². The van der Waals surface area contributed by atoms with Crippen LogP contribution in [-0.2, 0) is 0 Å². The van der Waals surface area contributed by atoms with Gasteiger partial charge in [-0.15, -0.1) is 11.3 Å². The Morgan fingerprint density at radius 2 is 2.07 bits per heavy atom. The first-order valence-electron chi connectivity index (χ1n) is 8.77. The first-order valence-corrected chi connectivity index (χ1v) is 9.97. The lowest BCUT2D eigenvalue weighted by atomic mass is 10.1. The van der Waals surface area contributed by atoms with Gasteiger partial charge in [-0.05, 0) is 31.5 Å². The van der Waals surface area contributed by atoms with Crippen molar-refractivity contribution in [1.29, 1.82) is 0 Å². The second-order valence-corrected chi connectivity index (χ2v) is 8.12. The molecule has 1 aliphatic rings. The maximum absolute atomic E-state index is 6.50. The monoisotopic (exact) mass is 413 g/mol. The molecule has 142 valence electrons. The smallest absolute Gasteiger partial charge is 0.232 e. The highest BCUT2D eigenvalue weighted by Crippen LogP contribution is 2.47. The fraction of sp³-hybridized carbons (Fsp3) is 0.250. The van der Waals surface area contributed by atoms with Gasteiger partial charge in [0.25, 0.3) is 0 Å². The number of fused-ring (bicyclic) bond motifs is 4. The van der Waals surface area contributed by atoms with Crippen molar-refractivity contribution in [3.63, 3.8) is 0 Å². The minimum Gasteiger partial charge on any atom is -0.484 e. The van der Waals surface area contributed by atoms with E-state index in [1.807, 2.05) is 19.9 Å². The molecule has 6 nitrogen and oxygen atoms in total. The zero-order valence-corrected chi connectivity index (χ0v) is 17.0. The highest BCUT2D eigenvalue weighted by Gasteiger charge is 2.25. The van der Waals surface area contributed by atoms with Crippen molar-refractivity contribution in [2.45, 2.75) is 20.0 Å². The van der Waals surface area contributed by atoms with E-state index in [1.54, 1.807) is 19.4 Å². The molecule has 5 rings (SSSR count). The van der Waals surface area contributed by atoms with Gasteiger partial charge in [0.2, 0.25) is 5.88 Å². The van der Waals surface area contributed by atoms with Crippen LogP contribution >= 0.6 is 22.9 Å². The molecular weight excluding hydrogens is 398 g/mol. The van der Waals surface area contributed by atoms with Gasteiger partial charge in [0.15, 0.2) is 11.5 Å². The predicted octanol–water partition coefficient (Wildman–Crippen LogP) is 5.04. The Kier molecular flexibility index (Phi) is 4.03. The lowest BCUT2D eigenvalue weighted by molar-refractivity contribution is 0.106. The number of halogens is 1. The average molecular weight is 414 g/mol. The number of ether oxygens (including phenoxy) is 3. The number of hydrogen-bond acceptors (Lipinski definition) is 7. The van der Waals surface area contributed by atoms with E-state index in [0.29, 0.717) is 34.5 Å². The van der Waals surface area contributed by atoms with Crippen molar-refractivity contribution in [1.82, 2.24) is 15.0 Å². The van der Waals surface area contributed by atoms with Crippen LogP contribution < -0.4 is 14.2 Å². The number of benzene rings is 2. The number of thiazole rings is 1. The molecular formula is C20H16ClN3O3S. The van der Waals surface area contributed by atoms with Crippen LogP contribution in [0.1, 0.15) is 12.5 Å². The third kappa shape index (κ3) is 2.73. The van der Waals surface area contributed by atoms with E-state index in [4.69, 9.17) is 30.8 Å². The summed E-state index contributed by atoms with van der Waals surface area (Å²) in [6.45, 7) is 4.48. The Bertz CT molecular complexity index is 1240. The van der Waals surface area contributed by atoms with Crippen molar-refractivity contribution < 1.29 is 14.2 Å². The Morgan fingerprint density at radius 1 is 1.21 bits per heavy atom. The Balaban J connectivity index is 1.75. The third-order valence-corrected chi connectivity index (χ3v) is 5.92. The number of methoxy groups -OCH3 is 1. The van der Waals surface area contributed by atoms with E-state index in [9.17, 15) is 0 Å². The van der Waals surface area contributed by atoms with E-state index in [1.165, 1.54) is 11.3 Å². The van der Waals surface area contributed by atoms with Gasteiger partial charge < -0.3 is 14.2 Å². The highest BCUT2D eigenvalue weighted by atomic mass is 35.5. The van der Waals surface area contributed by atoms with Crippen LogP contribution in [0.15, 0.2) is 24.4 Å². The minimum absolute atomic E-state index is 0.0145. The largest absolute Gasteiger partial charge is 0.484 e. The minimum atomic E-state index is -0.0145. The maximum atomic E-state index is 6.50. The summed E-state index contributed by atoms with van der Waals surface area (Å²) in [5.74, 6) is 1.83. The summed E-state index contributed by atoms with van der Waals surface area (Å²) in [4.78, 5) is 13.9. The van der Waals surface area contributed by atoms with Crippen LogP contribution in [0.25, 0.3) is 31.8 Å². The molecule has 0 unspecified atom stereocenters. The summed E-state index contributed by atoms with van der Waals surface area (Å²) in [5, 5.41) is 1.35. The number of aromatic nitrogens is 3. The van der Waals surface area contributed by atoms with Crippen molar-refractivity contribution in [2.75, 3.05) is 13.7 Å². The standard InChI is InChI=1S/C20H16ClN3O3S/c1-9-4-11(16-13(5-9)23-15(25-3)7-22-16)20-24-17-12(21)6-14-18(19(17)28-20)26-8-10(2)27-14/h4-7,10H,8H2,1-3H3/t10-/m0/s1. The normalized spacial score (nSPS) is 15.9. The van der Waals surface area contributed by atoms with Crippen LogP contribution in [0.5, 0.6) is 17.4 Å². The maximum Gasteiger partial charge on any atom is 0.232 e. The molecule has 0 radical (unpaired) electrons. The Hall–Kier alpha value is -2.64. The highest BCUT2D eigenvalue weighted by molar-refractivity contribution is 7.22. The van der Waals surface area contributed by atoms with E-state index < -0.39 is 0 Å². The lowest BCUT2D eigenvalue weighted by Crippen LogP contribution is -2.25. The van der Waals surface area contributed by atoms with Gasteiger partial charge in [0.1, 0.15) is 27.9 Å². The summed E-state index contributed by atoms with van der Waals surface area (Å²) in [6.07, 6.45) is 1.60. The molecule has 4 aromatic rings. The molecule has 0 saturated carbocycles. The molecule has 0 N–H and O–H groups in total. The molecule has 1 aliphatic heterocycles. The molecule has 1 atom stereocenters. The second kappa shape index (κ2) is 6.46. The molecule has 8 heteroatoms. The molecule has 0 aliphatic carbocycles. The van der Waals surface area contributed by atoms with Crippen LogP contribution in [0, 0.1) is 6.92 Å².